The normalized spacial score (nSPS) is 11.4. The average molecular weight is 442 g/mol. The molecule has 0 radical (unpaired) electrons. The van der Waals surface area contributed by atoms with Crippen LogP contribution < -0.4 is 5.32 Å². The number of rotatable bonds is 4. The van der Waals surface area contributed by atoms with Crippen molar-refractivity contribution in [1.82, 2.24) is 24.8 Å². The summed E-state index contributed by atoms with van der Waals surface area (Å²) in [6.45, 7) is 0.0414. The van der Waals surface area contributed by atoms with Gasteiger partial charge in [-0.1, -0.05) is 0 Å². The van der Waals surface area contributed by atoms with Crippen LogP contribution in [0.15, 0.2) is 48.7 Å². The molecule has 0 amide bonds. The van der Waals surface area contributed by atoms with Crippen LogP contribution in [0.2, 0.25) is 0 Å². The highest BCUT2D eigenvalue weighted by molar-refractivity contribution is 5.91. The topological polar surface area (TPSA) is 68.0 Å². The fourth-order valence-corrected chi connectivity index (χ4v) is 3.33. The molecule has 0 saturated heterocycles. The van der Waals surface area contributed by atoms with Crippen molar-refractivity contribution < 1.29 is 22.0 Å². The molecule has 0 aliphatic heterocycles. The van der Waals surface area contributed by atoms with Crippen LogP contribution in [0.4, 0.5) is 27.6 Å². The SMILES string of the molecule is Fc1cc(F)c2c(NCc3nnc4ccc(-c5cc(F)c(F)c(F)c5)nn34)ccnc2c1. The molecule has 0 fully saturated rings. The second-order valence-electron chi connectivity index (χ2n) is 6.85. The van der Waals surface area contributed by atoms with Crippen LogP contribution in [0.3, 0.4) is 0 Å². The number of nitrogens with one attached hydrogen (secondary N) is 1. The molecule has 0 unspecified atom stereocenters. The van der Waals surface area contributed by atoms with E-state index in [0.29, 0.717) is 17.2 Å². The first kappa shape index (κ1) is 19.8. The highest BCUT2D eigenvalue weighted by Gasteiger charge is 2.15. The Bertz CT molecular complexity index is 1480. The van der Waals surface area contributed by atoms with Gasteiger partial charge in [-0.15, -0.1) is 10.2 Å². The van der Waals surface area contributed by atoms with Gasteiger partial charge in [0.1, 0.15) is 11.6 Å². The van der Waals surface area contributed by atoms with Gasteiger partial charge >= 0.3 is 0 Å². The Labute approximate surface area is 176 Å². The summed E-state index contributed by atoms with van der Waals surface area (Å²) in [4.78, 5) is 3.97. The van der Waals surface area contributed by atoms with E-state index in [9.17, 15) is 22.0 Å². The highest BCUT2D eigenvalue weighted by Crippen LogP contribution is 2.26. The van der Waals surface area contributed by atoms with Gasteiger partial charge in [-0.2, -0.15) is 9.61 Å². The Hall–Kier alpha value is -4.15. The molecule has 0 spiro atoms. The summed E-state index contributed by atoms with van der Waals surface area (Å²) < 4.78 is 69.6. The summed E-state index contributed by atoms with van der Waals surface area (Å²) in [5, 5.41) is 15.4. The lowest BCUT2D eigenvalue weighted by Crippen LogP contribution is -2.07. The van der Waals surface area contributed by atoms with Crippen LogP contribution in [0.1, 0.15) is 5.82 Å². The maximum atomic E-state index is 14.3. The van der Waals surface area contributed by atoms with E-state index in [0.717, 1.165) is 24.3 Å². The summed E-state index contributed by atoms with van der Waals surface area (Å²) in [7, 11) is 0. The summed E-state index contributed by atoms with van der Waals surface area (Å²) in [5.74, 6) is -5.46. The number of fused-ring (bicyclic) bond motifs is 2. The largest absolute Gasteiger partial charge is 0.377 e. The average Bonchev–Trinajstić information content (AvgIpc) is 3.17. The molecule has 5 rings (SSSR count). The van der Waals surface area contributed by atoms with E-state index in [1.807, 2.05) is 0 Å². The maximum absolute atomic E-state index is 14.3. The minimum Gasteiger partial charge on any atom is -0.377 e. The Morgan fingerprint density at radius 3 is 2.41 bits per heavy atom. The molecule has 160 valence electrons. The first-order valence-electron chi connectivity index (χ1n) is 9.24. The van der Waals surface area contributed by atoms with Gasteiger partial charge < -0.3 is 5.32 Å². The number of anilines is 1. The van der Waals surface area contributed by atoms with Gasteiger partial charge in [0.15, 0.2) is 28.9 Å². The van der Waals surface area contributed by atoms with E-state index in [1.54, 1.807) is 0 Å². The fraction of sp³-hybridized carbons (Fsp3) is 0.0476. The van der Waals surface area contributed by atoms with Crippen LogP contribution in [0, 0.1) is 29.1 Å². The number of nitrogens with zero attached hydrogens (tertiary/aromatic N) is 5. The molecular formula is C21H11F5N6. The van der Waals surface area contributed by atoms with E-state index < -0.39 is 29.1 Å². The molecule has 0 aliphatic rings. The summed E-state index contributed by atoms with van der Waals surface area (Å²) in [6.07, 6.45) is 1.40. The number of halogens is 5. The monoisotopic (exact) mass is 442 g/mol. The zero-order valence-electron chi connectivity index (χ0n) is 16.0. The minimum atomic E-state index is -1.57. The van der Waals surface area contributed by atoms with Gasteiger partial charge in [0.2, 0.25) is 0 Å². The van der Waals surface area contributed by atoms with Gasteiger partial charge in [0.25, 0.3) is 0 Å². The molecule has 0 bridgehead atoms. The Kier molecular flexibility index (Phi) is 4.65. The zero-order valence-corrected chi connectivity index (χ0v) is 16.0. The van der Waals surface area contributed by atoms with Gasteiger partial charge in [-0.05, 0) is 30.3 Å². The van der Waals surface area contributed by atoms with Gasteiger partial charge in [-0.3, -0.25) is 4.98 Å². The number of hydrogen-bond acceptors (Lipinski definition) is 5. The van der Waals surface area contributed by atoms with Crippen molar-refractivity contribution in [3.05, 3.63) is 83.6 Å². The second-order valence-corrected chi connectivity index (χ2v) is 6.85. The quantitative estimate of drug-likeness (QED) is 0.324. The predicted octanol–water partition coefficient (Wildman–Crippen LogP) is 4.65. The van der Waals surface area contributed by atoms with E-state index >= 15 is 0 Å². The molecule has 1 N–H and O–H groups in total. The van der Waals surface area contributed by atoms with Crippen molar-refractivity contribution in [3.8, 4) is 11.3 Å². The third-order valence-corrected chi connectivity index (χ3v) is 4.80. The minimum absolute atomic E-state index is 0.0279. The van der Waals surface area contributed by atoms with Crippen molar-refractivity contribution in [2.24, 2.45) is 0 Å². The third kappa shape index (κ3) is 3.37. The van der Waals surface area contributed by atoms with E-state index in [-0.39, 0.29) is 28.7 Å². The standard InChI is InChI=1S/C21H11F5N6/c22-11-7-12(23)20-16(3-4-27-17(20)8-11)28-9-19-30-29-18-2-1-15(31-32(18)19)10-5-13(24)21(26)14(25)6-10/h1-8H,9H2,(H,27,28). The number of aromatic nitrogens is 5. The Balaban J connectivity index is 1.50. The van der Waals surface area contributed by atoms with Gasteiger partial charge in [0.05, 0.1) is 23.1 Å². The van der Waals surface area contributed by atoms with E-state index in [2.05, 4.69) is 25.6 Å². The molecule has 0 atom stereocenters. The summed E-state index contributed by atoms with van der Waals surface area (Å²) in [6, 6.07) is 8.06. The molecule has 32 heavy (non-hydrogen) atoms. The number of hydrogen-bond donors (Lipinski definition) is 1. The molecular weight excluding hydrogens is 431 g/mol. The molecule has 5 aromatic rings. The lowest BCUT2D eigenvalue weighted by molar-refractivity contribution is 0.447. The molecule has 6 nitrogen and oxygen atoms in total. The van der Waals surface area contributed by atoms with Crippen molar-refractivity contribution >= 4 is 22.2 Å². The van der Waals surface area contributed by atoms with Gasteiger partial charge in [0, 0.05) is 29.6 Å². The molecule has 3 heterocycles. The van der Waals surface area contributed by atoms with Crippen LogP contribution in [-0.4, -0.2) is 24.8 Å². The van der Waals surface area contributed by atoms with E-state index in [4.69, 9.17) is 0 Å². The van der Waals surface area contributed by atoms with Crippen LogP contribution in [-0.2, 0) is 6.54 Å². The highest BCUT2D eigenvalue weighted by atomic mass is 19.2. The zero-order chi connectivity index (χ0) is 22.4. The molecule has 11 heteroatoms. The van der Waals surface area contributed by atoms with Crippen molar-refractivity contribution in [2.45, 2.75) is 6.54 Å². The van der Waals surface area contributed by atoms with Gasteiger partial charge in [-0.25, -0.2) is 22.0 Å². The second kappa shape index (κ2) is 7.52. The molecule has 0 aliphatic carbocycles. The maximum Gasteiger partial charge on any atom is 0.194 e. The third-order valence-electron chi connectivity index (χ3n) is 4.80. The van der Waals surface area contributed by atoms with E-state index in [1.165, 1.54) is 28.9 Å². The lowest BCUT2D eigenvalue weighted by atomic mass is 10.1. The van der Waals surface area contributed by atoms with Crippen molar-refractivity contribution in [3.63, 3.8) is 0 Å². The summed E-state index contributed by atoms with van der Waals surface area (Å²) in [5.41, 5.74) is 1.02. The first-order chi connectivity index (χ1) is 15.4. The molecule has 2 aromatic carbocycles. The predicted molar refractivity (Wildman–Crippen MR) is 105 cm³/mol. The number of benzene rings is 2. The van der Waals surface area contributed by atoms with Crippen LogP contribution in [0.25, 0.3) is 27.8 Å². The Morgan fingerprint density at radius 1 is 0.844 bits per heavy atom. The smallest absolute Gasteiger partial charge is 0.194 e. The summed E-state index contributed by atoms with van der Waals surface area (Å²) >= 11 is 0. The van der Waals surface area contributed by atoms with Crippen LogP contribution in [0.5, 0.6) is 0 Å². The fourth-order valence-electron chi connectivity index (χ4n) is 3.33. The Morgan fingerprint density at radius 2 is 1.62 bits per heavy atom. The van der Waals surface area contributed by atoms with Crippen molar-refractivity contribution in [1.29, 1.82) is 0 Å². The van der Waals surface area contributed by atoms with Crippen LogP contribution >= 0.6 is 0 Å². The lowest BCUT2D eigenvalue weighted by Gasteiger charge is -2.10. The number of pyridine rings is 1. The molecule has 0 saturated carbocycles. The molecule has 3 aromatic heterocycles. The van der Waals surface area contributed by atoms with Crippen molar-refractivity contribution in [2.75, 3.05) is 5.32 Å². The first-order valence-corrected chi connectivity index (χ1v) is 9.24.